The van der Waals surface area contributed by atoms with Gasteiger partial charge in [0.25, 0.3) is 0 Å². The van der Waals surface area contributed by atoms with E-state index in [-0.39, 0.29) is 0 Å². The summed E-state index contributed by atoms with van der Waals surface area (Å²) in [6, 6.07) is 7.05. The molecule has 1 aromatic heterocycles. The highest BCUT2D eigenvalue weighted by atomic mass is 14.7. The predicted molar refractivity (Wildman–Crippen MR) is 72.1 cm³/mol. The average molecular weight is 228 g/mol. The summed E-state index contributed by atoms with van der Waals surface area (Å²) in [5, 5.41) is 1.37. The number of nitrogens with one attached hydrogen (secondary N) is 1. The van der Waals surface area contributed by atoms with Gasteiger partial charge in [-0.25, -0.2) is 0 Å². The minimum absolute atomic E-state index is 0.408. The minimum atomic E-state index is 0.408. The van der Waals surface area contributed by atoms with E-state index in [0.29, 0.717) is 12.0 Å². The molecule has 2 atom stereocenters. The van der Waals surface area contributed by atoms with Gasteiger partial charge < -0.3 is 10.7 Å². The van der Waals surface area contributed by atoms with Gasteiger partial charge in [0, 0.05) is 23.1 Å². The Bertz CT molecular complexity index is 527. The van der Waals surface area contributed by atoms with E-state index >= 15 is 0 Å². The first-order chi connectivity index (χ1) is 8.24. The highest BCUT2D eigenvalue weighted by Gasteiger charge is 2.24. The lowest BCUT2D eigenvalue weighted by Crippen LogP contribution is -2.25. The van der Waals surface area contributed by atoms with Crippen LogP contribution in [-0.4, -0.2) is 11.0 Å². The predicted octanol–water partition coefficient (Wildman–Crippen LogP) is 3.15. The summed E-state index contributed by atoms with van der Waals surface area (Å²) in [5.74, 6) is 0.676. The molecule has 0 aliphatic heterocycles. The Morgan fingerprint density at radius 1 is 1.35 bits per heavy atom. The standard InChI is InChI=1S/C15H20N2/c1-10-5-6-13-12(9-17-15(13)7-10)8-11-3-2-4-14(11)16/h5-7,9,11,14,17H,2-4,8,16H2,1H3. The van der Waals surface area contributed by atoms with E-state index in [4.69, 9.17) is 5.73 Å². The van der Waals surface area contributed by atoms with Gasteiger partial charge in [0.2, 0.25) is 0 Å². The number of H-pyrrole nitrogens is 1. The maximum Gasteiger partial charge on any atom is 0.0459 e. The first kappa shape index (κ1) is 10.8. The lowest BCUT2D eigenvalue weighted by Gasteiger charge is -2.14. The van der Waals surface area contributed by atoms with E-state index in [1.807, 2.05) is 0 Å². The maximum atomic E-state index is 6.15. The second kappa shape index (κ2) is 4.19. The fraction of sp³-hybridized carbons (Fsp3) is 0.467. The van der Waals surface area contributed by atoms with Crippen molar-refractivity contribution in [1.82, 2.24) is 4.98 Å². The zero-order chi connectivity index (χ0) is 11.8. The molecule has 0 amide bonds. The van der Waals surface area contributed by atoms with Crippen LogP contribution in [0, 0.1) is 12.8 Å². The van der Waals surface area contributed by atoms with E-state index in [1.54, 1.807) is 0 Å². The van der Waals surface area contributed by atoms with Crippen LogP contribution in [0.15, 0.2) is 24.4 Å². The Hall–Kier alpha value is -1.28. The molecule has 1 heterocycles. The van der Waals surface area contributed by atoms with Crippen LogP contribution in [0.25, 0.3) is 10.9 Å². The van der Waals surface area contributed by atoms with Crippen LogP contribution in [0.3, 0.4) is 0 Å². The Labute approximate surface area is 102 Å². The van der Waals surface area contributed by atoms with Gasteiger partial charge in [0.15, 0.2) is 0 Å². The molecule has 2 unspecified atom stereocenters. The van der Waals surface area contributed by atoms with Crippen molar-refractivity contribution >= 4 is 10.9 Å². The third-order valence-corrected chi connectivity index (χ3v) is 4.12. The average Bonchev–Trinajstić information content (AvgIpc) is 2.87. The molecule has 1 aliphatic carbocycles. The van der Waals surface area contributed by atoms with Gasteiger partial charge in [-0.05, 0) is 49.3 Å². The molecule has 1 saturated carbocycles. The molecule has 0 spiro atoms. The van der Waals surface area contributed by atoms with Gasteiger partial charge in [-0.2, -0.15) is 0 Å². The highest BCUT2D eigenvalue weighted by molar-refractivity contribution is 5.83. The Kier molecular flexibility index (Phi) is 2.67. The molecule has 2 nitrogen and oxygen atoms in total. The minimum Gasteiger partial charge on any atom is -0.361 e. The van der Waals surface area contributed by atoms with Crippen LogP contribution in [0.4, 0.5) is 0 Å². The van der Waals surface area contributed by atoms with Crippen LogP contribution in [0.2, 0.25) is 0 Å². The molecule has 0 saturated heterocycles. The Morgan fingerprint density at radius 3 is 3.00 bits per heavy atom. The Balaban J connectivity index is 1.90. The molecule has 1 aliphatic rings. The number of fused-ring (bicyclic) bond motifs is 1. The third-order valence-electron chi connectivity index (χ3n) is 4.12. The van der Waals surface area contributed by atoms with E-state index in [2.05, 4.69) is 36.3 Å². The fourth-order valence-corrected chi connectivity index (χ4v) is 3.07. The topological polar surface area (TPSA) is 41.8 Å². The van der Waals surface area contributed by atoms with Gasteiger partial charge in [-0.1, -0.05) is 18.6 Å². The molecule has 0 radical (unpaired) electrons. The maximum absolute atomic E-state index is 6.15. The molecule has 2 aromatic rings. The van der Waals surface area contributed by atoms with Gasteiger partial charge >= 0.3 is 0 Å². The second-order valence-electron chi connectivity index (χ2n) is 5.42. The van der Waals surface area contributed by atoms with Gasteiger partial charge in [-0.15, -0.1) is 0 Å². The number of rotatable bonds is 2. The largest absolute Gasteiger partial charge is 0.361 e. The monoisotopic (exact) mass is 228 g/mol. The van der Waals surface area contributed by atoms with E-state index in [0.717, 1.165) is 6.42 Å². The number of hydrogen-bond donors (Lipinski definition) is 2. The summed E-state index contributed by atoms with van der Waals surface area (Å²) < 4.78 is 0. The summed E-state index contributed by atoms with van der Waals surface area (Å²) >= 11 is 0. The SMILES string of the molecule is Cc1ccc2c(CC3CCCC3N)c[nH]c2c1. The summed E-state index contributed by atoms with van der Waals surface area (Å²) in [5.41, 5.74) is 10.2. The number of aromatic amines is 1. The van der Waals surface area contributed by atoms with Crippen LogP contribution < -0.4 is 5.73 Å². The van der Waals surface area contributed by atoms with Gasteiger partial charge in [-0.3, -0.25) is 0 Å². The Morgan fingerprint density at radius 2 is 2.24 bits per heavy atom. The molecule has 90 valence electrons. The highest BCUT2D eigenvalue weighted by Crippen LogP contribution is 2.30. The van der Waals surface area contributed by atoms with E-state index < -0.39 is 0 Å². The normalized spacial score (nSPS) is 24.6. The summed E-state index contributed by atoms with van der Waals surface area (Å²) in [6.45, 7) is 2.13. The van der Waals surface area contributed by atoms with Crippen LogP contribution in [-0.2, 0) is 6.42 Å². The number of benzene rings is 1. The van der Waals surface area contributed by atoms with Crippen molar-refractivity contribution in [2.24, 2.45) is 11.7 Å². The molecule has 2 heteroatoms. The summed E-state index contributed by atoms with van der Waals surface area (Å²) in [7, 11) is 0. The van der Waals surface area contributed by atoms with Crippen molar-refractivity contribution in [2.75, 3.05) is 0 Å². The lowest BCUT2D eigenvalue weighted by molar-refractivity contribution is 0.480. The van der Waals surface area contributed by atoms with Crippen molar-refractivity contribution in [3.63, 3.8) is 0 Å². The van der Waals surface area contributed by atoms with Crippen LogP contribution in [0.5, 0.6) is 0 Å². The van der Waals surface area contributed by atoms with Crippen molar-refractivity contribution < 1.29 is 0 Å². The smallest absolute Gasteiger partial charge is 0.0459 e. The van der Waals surface area contributed by atoms with Crippen molar-refractivity contribution in [3.8, 4) is 0 Å². The molecule has 1 aromatic carbocycles. The summed E-state index contributed by atoms with van der Waals surface area (Å²) in [6.07, 6.45) is 7.08. The molecule has 0 bridgehead atoms. The van der Waals surface area contributed by atoms with E-state index in [1.165, 1.54) is 41.3 Å². The van der Waals surface area contributed by atoms with Gasteiger partial charge in [0.1, 0.15) is 0 Å². The molecular formula is C15H20N2. The van der Waals surface area contributed by atoms with Crippen molar-refractivity contribution in [2.45, 2.75) is 38.6 Å². The summed E-state index contributed by atoms with van der Waals surface area (Å²) in [4.78, 5) is 3.38. The quantitative estimate of drug-likeness (QED) is 0.814. The van der Waals surface area contributed by atoms with Crippen LogP contribution in [0.1, 0.15) is 30.4 Å². The second-order valence-corrected chi connectivity index (χ2v) is 5.42. The molecule has 17 heavy (non-hydrogen) atoms. The van der Waals surface area contributed by atoms with Crippen molar-refractivity contribution in [3.05, 3.63) is 35.5 Å². The number of aromatic nitrogens is 1. The number of aryl methyl sites for hydroxylation is 1. The van der Waals surface area contributed by atoms with Crippen molar-refractivity contribution in [1.29, 1.82) is 0 Å². The fourth-order valence-electron chi connectivity index (χ4n) is 3.07. The zero-order valence-electron chi connectivity index (χ0n) is 10.4. The molecule has 3 N–H and O–H groups in total. The first-order valence-corrected chi connectivity index (χ1v) is 6.56. The number of hydrogen-bond acceptors (Lipinski definition) is 1. The number of nitrogens with two attached hydrogens (primary N) is 1. The van der Waals surface area contributed by atoms with Crippen LogP contribution >= 0.6 is 0 Å². The van der Waals surface area contributed by atoms with Gasteiger partial charge in [0.05, 0.1) is 0 Å². The van der Waals surface area contributed by atoms with E-state index in [9.17, 15) is 0 Å². The molecule has 1 fully saturated rings. The molecular weight excluding hydrogens is 208 g/mol. The lowest BCUT2D eigenvalue weighted by atomic mass is 9.95. The zero-order valence-corrected chi connectivity index (χ0v) is 10.4. The molecule has 3 rings (SSSR count). The third kappa shape index (κ3) is 1.98. The first-order valence-electron chi connectivity index (χ1n) is 6.56.